The number of rotatable bonds is 4. The van der Waals surface area contributed by atoms with Crippen LogP contribution in [-0.4, -0.2) is 42.4 Å². The highest BCUT2D eigenvalue weighted by Gasteiger charge is 2.20. The number of halogens is 1. The van der Waals surface area contributed by atoms with Crippen LogP contribution in [0.25, 0.3) is 5.69 Å². The Hall–Kier alpha value is -2.48. The van der Waals surface area contributed by atoms with E-state index in [9.17, 15) is 4.79 Å². The van der Waals surface area contributed by atoms with E-state index in [4.69, 9.17) is 0 Å². The molecule has 0 bridgehead atoms. The van der Waals surface area contributed by atoms with E-state index in [1.807, 2.05) is 49.7 Å². The number of nitrogens with zero attached hydrogens (tertiary/aromatic N) is 6. The first-order chi connectivity index (χ1) is 11.9. The van der Waals surface area contributed by atoms with Gasteiger partial charge in [0.1, 0.15) is 5.82 Å². The Morgan fingerprint density at radius 3 is 2.68 bits per heavy atom. The molecule has 2 heterocycles. The number of amides is 1. The maximum absolute atomic E-state index is 12.8. The fraction of sp³-hybridized carbons (Fsp3) is 0.294. The van der Waals surface area contributed by atoms with Gasteiger partial charge in [-0.05, 0) is 32.0 Å². The summed E-state index contributed by atoms with van der Waals surface area (Å²) < 4.78 is 4.60. The standard InChI is InChI=1S/C17H19BrN6O/c1-11-15(9-19-24(11)14-7-5-6-13(18)8-14)17(25)22(3)10-16-21-20-12(2)23(16)4/h5-9H,10H2,1-4H3. The lowest BCUT2D eigenvalue weighted by Crippen LogP contribution is -2.28. The van der Waals surface area contributed by atoms with Crippen LogP contribution in [-0.2, 0) is 13.6 Å². The molecule has 0 aliphatic heterocycles. The molecule has 0 fully saturated rings. The molecule has 1 amide bonds. The smallest absolute Gasteiger partial charge is 0.257 e. The molecular weight excluding hydrogens is 384 g/mol. The molecule has 7 nitrogen and oxygen atoms in total. The fourth-order valence-corrected chi connectivity index (χ4v) is 2.95. The highest BCUT2D eigenvalue weighted by molar-refractivity contribution is 9.10. The zero-order valence-corrected chi connectivity index (χ0v) is 16.1. The van der Waals surface area contributed by atoms with Crippen LogP contribution in [0.2, 0.25) is 0 Å². The molecule has 130 valence electrons. The minimum Gasteiger partial charge on any atom is -0.334 e. The summed E-state index contributed by atoms with van der Waals surface area (Å²) in [5.74, 6) is 1.46. The Morgan fingerprint density at radius 1 is 1.28 bits per heavy atom. The summed E-state index contributed by atoms with van der Waals surface area (Å²) >= 11 is 3.46. The number of carbonyl (C=O) groups is 1. The van der Waals surface area contributed by atoms with Crippen LogP contribution in [0.1, 0.15) is 27.7 Å². The van der Waals surface area contributed by atoms with Crippen molar-refractivity contribution in [1.82, 2.24) is 29.4 Å². The molecule has 0 saturated carbocycles. The van der Waals surface area contributed by atoms with Crippen molar-refractivity contribution in [3.05, 3.63) is 57.8 Å². The van der Waals surface area contributed by atoms with Gasteiger partial charge in [-0.25, -0.2) is 4.68 Å². The predicted molar refractivity (Wildman–Crippen MR) is 97.5 cm³/mol. The van der Waals surface area contributed by atoms with Gasteiger partial charge in [-0.1, -0.05) is 22.0 Å². The number of hydrogen-bond acceptors (Lipinski definition) is 4. The van der Waals surface area contributed by atoms with Crippen molar-refractivity contribution < 1.29 is 4.79 Å². The van der Waals surface area contributed by atoms with Crippen LogP contribution in [0.4, 0.5) is 0 Å². The van der Waals surface area contributed by atoms with Gasteiger partial charge in [0.25, 0.3) is 5.91 Å². The molecule has 0 N–H and O–H groups in total. The molecule has 3 aromatic rings. The lowest BCUT2D eigenvalue weighted by molar-refractivity contribution is 0.0779. The third kappa shape index (κ3) is 3.34. The van der Waals surface area contributed by atoms with E-state index in [2.05, 4.69) is 31.2 Å². The van der Waals surface area contributed by atoms with Crippen molar-refractivity contribution in [1.29, 1.82) is 0 Å². The fourth-order valence-electron chi connectivity index (χ4n) is 2.57. The highest BCUT2D eigenvalue weighted by Crippen LogP contribution is 2.19. The monoisotopic (exact) mass is 402 g/mol. The Balaban J connectivity index is 1.84. The average molecular weight is 403 g/mol. The van der Waals surface area contributed by atoms with Crippen molar-refractivity contribution in [3.63, 3.8) is 0 Å². The van der Waals surface area contributed by atoms with E-state index < -0.39 is 0 Å². The maximum atomic E-state index is 12.8. The van der Waals surface area contributed by atoms with Crippen LogP contribution in [0.15, 0.2) is 34.9 Å². The predicted octanol–water partition coefficient (Wildman–Crippen LogP) is 2.65. The number of benzene rings is 1. The van der Waals surface area contributed by atoms with Crippen molar-refractivity contribution in [2.45, 2.75) is 20.4 Å². The Labute approximate surface area is 154 Å². The molecule has 0 unspecified atom stereocenters. The van der Waals surface area contributed by atoms with Crippen LogP contribution < -0.4 is 0 Å². The zero-order chi connectivity index (χ0) is 18.1. The van der Waals surface area contributed by atoms with Crippen LogP contribution >= 0.6 is 15.9 Å². The lowest BCUT2D eigenvalue weighted by Gasteiger charge is -2.16. The second-order valence-corrected chi connectivity index (χ2v) is 6.83. The summed E-state index contributed by atoms with van der Waals surface area (Å²) in [7, 11) is 3.64. The molecule has 3 rings (SSSR count). The number of aryl methyl sites for hydroxylation is 1. The summed E-state index contributed by atoms with van der Waals surface area (Å²) in [6.07, 6.45) is 1.61. The highest BCUT2D eigenvalue weighted by atomic mass is 79.9. The van der Waals surface area contributed by atoms with Crippen molar-refractivity contribution in [2.75, 3.05) is 7.05 Å². The van der Waals surface area contributed by atoms with Gasteiger partial charge in [-0.2, -0.15) is 5.10 Å². The summed E-state index contributed by atoms with van der Waals surface area (Å²) in [5, 5.41) is 12.5. The van der Waals surface area contributed by atoms with Crippen LogP contribution in [0.3, 0.4) is 0 Å². The largest absolute Gasteiger partial charge is 0.334 e. The second kappa shape index (κ2) is 6.79. The van der Waals surface area contributed by atoms with Gasteiger partial charge in [0.05, 0.1) is 29.7 Å². The topological polar surface area (TPSA) is 68.8 Å². The van der Waals surface area contributed by atoms with E-state index >= 15 is 0 Å². The number of carbonyl (C=O) groups excluding carboxylic acids is 1. The van der Waals surface area contributed by atoms with Gasteiger partial charge in [0, 0.05) is 18.6 Å². The quantitative estimate of drug-likeness (QED) is 0.672. The van der Waals surface area contributed by atoms with Crippen molar-refractivity contribution in [2.24, 2.45) is 7.05 Å². The van der Waals surface area contributed by atoms with Gasteiger partial charge in [-0.15, -0.1) is 10.2 Å². The van der Waals surface area contributed by atoms with Crippen molar-refractivity contribution in [3.8, 4) is 5.69 Å². The van der Waals surface area contributed by atoms with Crippen molar-refractivity contribution >= 4 is 21.8 Å². The Bertz CT molecular complexity index is 929. The molecule has 0 spiro atoms. The molecule has 8 heteroatoms. The number of hydrogen-bond donors (Lipinski definition) is 0. The molecule has 2 aromatic heterocycles. The van der Waals surface area contributed by atoms with Crippen LogP contribution in [0, 0.1) is 13.8 Å². The molecule has 0 atom stereocenters. The first-order valence-corrected chi connectivity index (χ1v) is 8.58. The Morgan fingerprint density at radius 2 is 2.04 bits per heavy atom. The summed E-state index contributed by atoms with van der Waals surface area (Å²) in [5.41, 5.74) is 2.27. The molecule has 0 aliphatic carbocycles. The van der Waals surface area contributed by atoms with Gasteiger partial charge in [0.2, 0.25) is 0 Å². The second-order valence-electron chi connectivity index (χ2n) is 5.92. The third-order valence-corrected chi connectivity index (χ3v) is 4.69. The Kier molecular flexibility index (Phi) is 4.71. The lowest BCUT2D eigenvalue weighted by atomic mass is 10.2. The molecule has 0 saturated heterocycles. The first kappa shape index (κ1) is 17.3. The molecular formula is C17H19BrN6O. The molecule has 0 radical (unpaired) electrons. The van der Waals surface area contributed by atoms with Gasteiger partial charge < -0.3 is 9.47 Å². The third-order valence-electron chi connectivity index (χ3n) is 4.20. The summed E-state index contributed by atoms with van der Waals surface area (Å²) in [6, 6.07) is 7.79. The molecule has 0 aliphatic rings. The first-order valence-electron chi connectivity index (χ1n) is 7.79. The van der Waals surface area contributed by atoms with E-state index in [1.54, 1.807) is 22.8 Å². The van der Waals surface area contributed by atoms with E-state index in [0.29, 0.717) is 12.1 Å². The average Bonchev–Trinajstić information content (AvgIpc) is 3.11. The minimum atomic E-state index is -0.0978. The SMILES string of the molecule is Cc1c(C(=O)N(C)Cc2nnc(C)n2C)cnn1-c1cccc(Br)c1. The van der Waals surface area contributed by atoms with Gasteiger partial charge in [-0.3, -0.25) is 4.79 Å². The zero-order valence-electron chi connectivity index (χ0n) is 14.6. The maximum Gasteiger partial charge on any atom is 0.257 e. The normalized spacial score (nSPS) is 10.9. The van der Waals surface area contributed by atoms with Gasteiger partial charge in [0.15, 0.2) is 5.82 Å². The summed E-state index contributed by atoms with van der Waals surface area (Å²) in [6.45, 7) is 4.16. The minimum absolute atomic E-state index is 0.0978. The molecule has 1 aromatic carbocycles. The summed E-state index contributed by atoms with van der Waals surface area (Å²) in [4.78, 5) is 14.4. The van der Waals surface area contributed by atoms with Gasteiger partial charge >= 0.3 is 0 Å². The van der Waals surface area contributed by atoms with Crippen LogP contribution in [0.5, 0.6) is 0 Å². The van der Waals surface area contributed by atoms with E-state index in [1.165, 1.54) is 0 Å². The van der Waals surface area contributed by atoms with E-state index in [0.717, 1.165) is 27.5 Å². The van der Waals surface area contributed by atoms with E-state index in [-0.39, 0.29) is 5.91 Å². The number of aromatic nitrogens is 5. The molecule has 25 heavy (non-hydrogen) atoms.